The number of hydrogen-bond acceptors (Lipinski definition) is 4. The van der Waals surface area contributed by atoms with Crippen molar-refractivity contribution in [2.75, 3.05) is 19.6 Å². The molecule has 3 fully saturated rings. The lowest BCUT2D eigenvalue weighted by molar-refractivity contribution is -0.0498. The Balaban J connectivity index is 1.31. The fourth-order valence-electron chi connectivity index (χ4n) is 5.78. The zero-order valence-corrected chi connectivity index (χ0v) is 16.3. The second-order valence-corrected chi connectivity index (χ2v) is 8.74. The summed E-state index contributed by atoms with van der Waals surface area (Å²) < 4.78 is 0. The van der Waals surface area contributed by atoms with Gasteiger partial charge < -0.3 is 4.90 Å². The zero-order chi connectivity index (χ0) is 18.9. The number of fused-ring (bicyclic) bond motifs is 4. The lowest BCUT2D eigenvalue weighted by atomic mass is 9.74. The first-order valence-corrected chi connectivity index (χ1v) is 10.6. The highest BCUT2D eigenvalue weighted by atomic mass is 16.2. The minimum atomic E-state index is 0.120. The van der Waals surface area contributed by atoms with Crippen LogP contribution in [0.2, 0.25) is 0 Å². The van der Waals surface area contributed by atoms with E-state index in [1.165, 1.54) is 31.2 Å². The van der Waals surface area contributed by atoms with E-state index in [9.17, 15) is 4.79 Å². The molecule has 5 heteroatoms. The minimum Gasteiger partial charge on any atom is -0.338 e. The van der Waals surface area contributed by atoms with Gasteiger partial charge in [-0.15, -0.1) is 0 Å². The number of nitrogens with zero attached hydrogens (tertiary/aromatic N) is 4. The molecule has 28 heavy (non-hydrogen) atoms. The molecule has 0 spiro atoms. The van der Waals surface area contributed by atoms with Gasteiger partial charge in [-0.3, -0.25) is 9.69 Å². The molecule has 0 radical (unpaired) electrons. The minimum absolute atomic E-state index is 0.120. The number of aromatic nitrogens is 2. The van der Waals surface area contributed by atoms with Gasteiger partial charge in [0, 0.05) is 31.7 Å². The molecule has 0 N–H and O–H groups in total. The first-order chi connectivity index (χ1) is 13.8. The smallest absolute Gasteiger partial charge is 0.255 e. The van der Waals surface area contributed by atoms with Gasteiger partial charge in [-0.2, -0.15) is 10.2 Å². The summed E-state index contributed by atoms with van der Waals surface area (Å²) in [5, 5.41) is 7.68. The first kappa shape index (κ1) is 17.8. The maximum Gasteiger partial charge on any atom is 0.255 e. The lowest BCUT2D eigenvalue weighted by Gasteiger charge is -2.55. The van der Waals surface area contributed by atoms with Crippen molar-refractivity contribution in [1.29, 1.82) is 0 Å². The van der Waals surface area contributed by atoms with Gasteiger partial charge in [0.1, 0.15) is 0 Å². The number of piperidine rings is 3. The van der Waals surface area contributed by atoms with Crippen molar-refractivity contribution < 1.29 is 4.79 Å². The Labute approximate surface area is 166 Å². The van der Waals surface area contributed by atoms with E-state index in [1.807, 2.05) is 0 Å². The third-order valence-corrected chi connectivity index (χ3v) is 6.95. The molecular weight excluding hydrogens is 348 g/mol. The van der Waals surface area contributed by atoms with Crippen molar-refractivity contribution in [3.8, 4) is 0 Å². The van der Waals surface area contributed by atoms with Crippen molar-refractivity contribution >= 4 is 5.91 Å². The Kier molecular flexibility index (Phi) is 4.85. The highest BCUT2D eigenvalue weighted by Crippen LogP contribution is 2.40. The number of carbonyl (C=O) groups excluding carboxylic acids is 1. The van der Waals surface area contributed by atoms with E-state index in [0.717, 1.165) is 26.1 Å². The zero-order valence-electron chi connectivity index (χ0n) is 16.3. The summed E-state index contributed by atoms with van der Waals surface area (Å²) in [6, 6.07) is 14.0. The summed E-state index contributed by atoms with van der Waals surface area (Å²) in [5.74, 6) is 1.31. The number of rotatable bonds is 3. The average Bonchev–Trinajstić information content (AvgIpc) is 2.75. The SMILES string of the molecule is O=C(c1ccnnc1)N1C[C@@H]2C[C@H](C1)[C@@H]1CCC[C@H](Cc3ccccc3)N1C2. The van der Waals surface area contributed by atoms with Gasteiger partial charge in [-0.05, 0) is 49.1 Å². The van der Waals surface area contributed by atoms with Crippen LogP contribution in [0.3, 0.4) is 0 Å². The molecule has 5 nitrogen and oxygen atoms in total. The predicted molar refractivity (Wildman–Crippen MR) is 108 cm³/mol. The molecule has 1 aromatic carbocycles. The van der Waals surface area contributed by atoms with E-state index in [1.54, 1.807) is 18.5 Å². The number of carbonyl (C=O) groups is 1. The van der Waals surface area contributed by atoms with Gasteiger partial charge in [-0.25, -0.2) is 0 Å². The van der Waals surface area contributed by atoms with Crippen molar-refractivity contribution in [2.24, 2.45) is 11.8 Å². The lowest BCUT2D eigenvalue weighted by Crippen LogP contribution is -2.62. The van der Waals surface area contributed by atoms with Crippen LogP contribution in [-0.2, 0) is 6.42 Å². The van der Waals surface area contributed by atoms with Crippen molar-refractivity contribution in [3.63, 3.8) is 0 Å². The van der Waals surface area contributed by atoms with Gasteiger partial charge in [0.25, 0.3) is 5.91 Å². The molecule has 4 heterocycles. The van der Waals surface area contributed by atoms with Crippen LogP contribution >= 0.6 is 0 Å². The Morgan fingerprint density at radius 2 is 1.93 bits per heavy atom. The number of hydrogen-bond donors (Lipinski definition) is 0. The molecule has 1 aromatic heterocycles. The second-order valence-electron chi connectivity index (χ2n) is 8.74. The Hall–Kier alpha value is -2.27. The van der Waals surface area contributed by atoms with Gasteiger partial charge in [-0.1, -0.05) is 36.8 Å². The summed E-state index contributed by atoms with van der Waals surface area (Å²) in [4.78, 5) is 17.8. The molecule has 0 aliphatic carbocycles. The number of benzene rings is 1. The number of amides is 1. The van der Waals surface area contributed by atoms with Crippen LogP contribution in [0.4, 0.5) is 0 Å². The molecule has 4 atom stereocenters. The topological polar surface area (TPSA) is 49.3 Å². The standard InChI is InChI=1S/C23H28N4O/c28-23(19-9-10-24-25-13-19)26-14-18-11-20(16-26)22-8-4-7-21(27(22)15-18)12-17-5-2-1-3-6-17/h1-3,5-6,9-10,13,18,20-22H,4,7-8,11-12,14-16H2/t18-,20+,21+,22-/m0/s1. The predicted octanol–water partition coefficient (Wildman–Crippen LogP) is 3.03. The summed E-state index contributed by atoms with van der Waals surface area (Å²) in [5.41, 5.74) is 2.11. The normalized spacial score (nSPS) is 29.9. The summed E-state index contributed by atoms with van der Waals surface area (Å²) in [7, 11) is 0. The van der Waals surface area contributed by atoms with Crippen LogP contribution in [0.25, 0.3) is 0 Å². The van der Waals surface area contributed by atoms with Crippen molar-refractivity contribution in [2.45, 2.75) is 44.2 Å². The average molecular weight is 377 g/mol. The van der Waals surface area contributed by atoms with Gasteiger partial charge in [0.15, 0.2) is 0 Å². The summed E-state index contributed by atoms with van der Waals surface area (Å²) >= 11 is 0. The van der Waals surface area contributed by atoms with E-state index in [2.05, 4.69) is 50.3 Å². The second kappa shape index (κ2) is 7.63. The fraction of sp³-hybridized carbons (Fsp3) is 0.522. The summed E-state index contributed by atoms with van der Waals surface area (Å²) in [6.07, 6.45) is 9.52. The third-order valence-electron chi connectivity index (χ3n) is 6.95. The molecule has 2 bridgehead atoms. The van der Waals surface area contributed by atoms with Crippen LogP contribution in [0.15, 0.2) is 48.8 Å². The molecule has 0 unspecified atom stereocenters. The van der Waals surface area contributed by atoms with Gasteiger partial charge >= 0.3 is 0 Å². The molecule has 3 aliphatic rings. The van der Waals surface area contributed by atoms with E-state index in [4.69, 9.17) is 0 Å². The molecule has 5 rings (SSSR count). The maximum atomic E-state index is 12.9. The van der Waals surface area contributed by atoms with Gasteiger partial charge in [0.05, 0.1) is 18.0 Å². The van der Waals surface area contributed by atoms with Crippen LogP contribution in [-0.4, -0.2) is 57.6 Å². The van der Waals surface area contributed by atoms with E-state index < -0.39 is 0 Å². The molecule has 3 saturated heterocycles. The molecular formula is C23H28N4O. The van der Waals surface area contributed by atoms with E-state index >= 15 is 0 Å². The monoisotopic (exact) mass is 376 g/mol. The van der Waals surface area contributed by atoms with Crippen molar-refractivity contribution in [1.82, 2.24) is 20.0 Å². The van der Waals surface area contributed by atoms with E-state index in [-0.39, 0.29) is 5.91 Å². The molecule has 3 aliphatic heterocycles. The fourth-order valence-corrected chi connectivity index (χ4v) is 5.78. The Morgan fingerprint density at radius 1 is 1.04 bits per heavy atom. The van der Waals surface area contributed by atoms with Crippen LogP contribution in [0.1, 0.15) is 41.6 Å². The highest BCUT2D eigenvalue weighted by molar-refractivity contribution is 5.93. The molecule has 2 aromatic rings. The van der Waals surface area contributed by atoms with Crippen LogP contribution in [0.5, 0.6) is 0 Å². The van der Waals surface area contributed by atoms with Crippen LogP contribution < -0.4 is 0 Å². The van der Waals surface area contributed by atoms with Crippen LogP contribution in [0, 0.1) is 11.8 Å². The maximum absolute atomic E-state index is 12.9. The quantitative estimate of drug-likeness (QED) is 0.826. The van der Waals surface area contributed by atoms with Crippen molar-refractivity contribution in [3.05, 3.63) is 59.9 Å². The third kappa shape index (κ3) is 3.44. The van der Waals surface area contributed by atoms with Gasteiger partial charge in [0.2, 0.25) is 0 Å². The molecule has 0 saturated carbocycles. The highest BCUT2D eigenvalue weighted by Gasteiger charge is 2.45. The first-order valence-electron chi connectivity index (χ1n) is 10.6. The molecule has 146 valence electrons. The largest absolute Gasteiger partial charge is 0.338 e. The molecule has 1 amide bonds. The Bertz CT molecular complexity index is 812. The Morgan fingerprint density at radius 3 is 2.75 bits per heavy atom. The number of likely N-dealkylation sites (tertiary alicyclic amines) is 1. The summed E-state index contributed by atoms with van der Waals surface area (Å²) in [6.45, 7) is 2.90. The van der Waals surface area contributed by atoms with E-state index in [0.29, 0.717) is 29.5 Å².